The van der Waals surface area contributed by atoms with Gasteiger partial charge in [-0.3, -0.25) is 4.21 Å². The fourth-order valence-corrected chi connectivity index (χ4v) is 1.57. The van der Waals surface area contributed by atoms with Crippen molar-refractivity contribution in [3.8, 4) is 0 Å². The van der Waals surface area contributed by atoms with Gasteiger partial charge in [0.05, 0.1) is 10.8 Å². The van der Waals surface area contributed by atoms with Gasteiger partial charge in [-0.2, -0.15) is 0 Å². The van der Waals surface area contributed by atoms with Crippen molar-refractivity contribution in [1.29, 1.82) is 0 Å². The highest BCUT2D eigenvalue weighted by atomic mass is 32.2. The Bertz CT molecular complexity index is 275. The van der Waals surface area contributed by atoms with Crippen LogP contribution in [-0.2, 0) is 17.3 Å². The minimum absolute atomic E-state index is 0.392. The molecule has 3 nitrogen and oxygen atoms in total. The summed E-state index contributed by atoms with van der Waals surface area (Å²) in [6.07, 6.45) is 3.22. The molecule has 1 rings (SSSR count). The van der Waals surface area contributed by atoms with E-state index in [4.69, 9.17) is 5.73 Å². The van der Waals surface area contributed by atoms with Crippen LogP contribution in [0.15, 0.2) is 23.4 Å². The van der Waals surface area contributed by atoms with Crippen LogP contribution in [0.5, 0.6) is 0 Å². The molecule has 2 N–H and O–H groups in total. The zero-order chi connectivity index (χ0) is 8.27. The first-order valence-electron chi connectivity index (χ1n) is 3.23. The van der Waals surface area contributed by atoms with Crippen LogP contribution in [0.4, 0.5) is 0 Å². The van der Waals surface area contributed by atoms with Crippen molar-refractivity contribution in [2.24, 2.45) is 5.73 Å². The fourth-order valence-electron chi connectivity index (χ4n) is 0.838. The molecule has 1 aromatic heterocycles. The zero-order valence-corrected chi connectivity index (χ0v) is 7.10. The standard InChI is InChI=1S/C7H10N2OS/c1-11(10)7-6(5-8)3-2-4-9-7/h2-4H,5,8H2,1H3. The summed E-state index contributed by atoms with van der Waals surface area (Å²) in [5.74, 6) is 0. The number of hydrogen-bond acceptors (Lipinski definition) is 3. The van der Waals surface area contributed by atoms with Gasteiger partial charge in [0, 0.05) is 24.6 Å². The van der Waals surface area contributed by atoms with E-state index in [1.807, 2.05) is 6.07 Å². The van der Waals surface area contributed by atoms with Gasteiger partial charge in [0.25, 0.3) is 0 Å². The molecule has 0 saturated heterocycles. The number of pyridine rings is 1. The third kappa shape index (κ3) is 1.85. The number of hydrogen-bond donors (Lipinski definition) is 1. The van der Waals surface area contributed by atoms with Gasteiger partial charge in [-0.05, 0) is 6.07 Å². The molecule has 0 saturated carbocycles. The molecule has 1 heterocycles. The third-order valence-corrected chi connectivity index (χ3v) is 2.25. The Morgan fingerprint density at radius 2 is 2.45 bits per heavy atom. The van der Waals surface area contributed by atoms with Crippen LogP contribution in [0.1, 0.15) is 5.56 Å². The highest BCUT2D eigenvalue weighted by Gasteiger charge is 2.03. The number of rotatable bonds is 2. The average Bonchev–Trinajstić information content (AvgIpc) is 2.04. The Morgan fingerprint density at radius 3 is 2.91 bits per heavy atom. The Hall–Kier alpha value is -0.740. The number of nitrogens with zero attached hydrogens (tertiary/aromatic N) is 1. The van der Waals surface area contributed by atoms with Gasteiger partial charge >= 0.3 is 0 Å². The van der Waals surface area contributed by atoms with Gasteiger partial charge in [-0.25, -0.2) is 4.98 Å². The molecule has 1 unspecified atom stereocenters. The van der Waals surface area contributed by atoms with Crippen molar-refractivity contribution in [3.05, 3.63) is 23.9 Å². The first kappa shape index (κ1) is 8.36. The molecule has 0 aromatic carbocycles. The molecule has 0 spiro atoms. The van der Waals surface area contributed by atoms with Crippen molar-refractivity contribution in [1.82, 2.24) is 4.98 Å². The zero-order valence-electron chi connectivity index (χ0n) is 6.28. The van der Waals surface area contributed by atoms with Crippen LogP contribution in [0.3, 0.4) is 0 Å². The van der Waals surface area contributed by atoms with Gasteiger partial charge in [0.2, 0.25) is 0 Å². The quantitative estimate of drug-likeness (QED) is 0.693. The summed E-state index contributed by atoms with van der Waals surface area (Å²) in [5.41, 5.74) is 6.27. The highest BCUT2D eigenvalue weighted by molar-refractivity contribution is 7.84. The van der Waals surface area contributed by atoms with Crippen LogP contribution in [0.2, 0.25) is 0 Å². The van der Waals surface area contributed by atoms with Crippen molar-refractivity contribution in [3.63, 3.8) is 0 Å². The summed E-state index contributed by atoms with van der Waals surface area (Å²) < 4.78 is 11.0. The lowest BCUT2D eigenvalue weighted by Crippen LogP contribution is -2.04. The van der Waals surface area contributed by atoms with E-state index in [1.54, 1.807) is 18.5 Å². The second-order valence-electron chi connectivity index (χ2n) is 2.13. The molecular formula is C7H10N2OS. The summed E-state index contributed by atoms with van der Waals surface area (Å²) in [5, 5.41) is 0.593. The van der Waals surface area contributed by atoms with E-state index < -0.39 is 10.8 Å². The minimum atomic E-state index is -1.03. The van der Waals surface area contributed by atoms with E-state index in [1.165, 1.54) is 0 Å². The Labute approximate surface area is 68.1 Å². The predicted molar refractivity (Wildman–Crippen MR) is 44.5 cm³/mol. The van der Waals surface area contributed by atoms with E-state index in [0.717, 1.165) is 5.56 Å². The molecular weight excluding hydrogens is 160 g/mol. The normalized spacial score (nSPS) is 12.9. The van der Waals surface area contributed by atoms with Gasteiger partial charge < -0.3 is 5.73 Å². The van der Waals surface area contributed by atoms with Crippen LogP contribution >= 0.6 is 0 Å². The Morgan fingerprint density at radius 1 is 1.73 bits per heavy atom. The predicted octanol–water partition coefficient (Wildman–Crippen LogP) is 0.278. The maximum Gasteiger partial charge on any atom is 0.131 e. The fraction of sp³-hybridized carbons (Fsp3) is 0.286. The number of nitrogens with two attached hydrogens (primary N) is 1. The molecule has 0 aliphatic carbocycles. The van der Waals surface area contributed by atoms with Crippen molar-refractivity contribution in [2.75, 3.05) is 6.26 Å². The summed E-state index contributed by atoms with van der Waals surface area (Å²) in [4.78, 5) is 3.97. The maximum atomic E-state index is 11.0. The van der Waals surface area contributed by atoms with Crippen LogP contribution in [0.25, 0.3) is 0 Å². The lowest BCUT2D eigenvalue weighted by atomic mass is 10.3. The molecule has 0 aliphatic rings. The molecule has 0 radical (unpaired) electrons. The van der Waals surface area contributed by atoms with Gasteiger partial charge in [-0.1, -0.05) is 6.07 Å². The van der Waals surface area contributed by atoms with Crippen molar-refractivity contribution >= 4 is 10.8 Å². The molecule has 60 valence electrons. The number of aromatic nitrogens is 1. The van der Waals surface area contributed by atoms with Gasteiger partial charge in [0.15, 0.2) is 0 Å². The minimum Gasteiger partial charge on any atom is -0.326 e. The summed E-state index contributed by atoms with van der Waals surface area (Å²) in [6.45, 7) is 0.392. The lowest BCUT2D eigenvalue weighted by molar-refractivity contribution is 0.682. The molecule has 1 aromatic rings. The second-order valence-corrected chi connectivity index (χ2v) is 3.42. The maximum absolute atomic E-state index is 11.0. The van der Waals surface area contributed by atoms with Gasteiger partial charge in [-0.15, -0.1) is 0 Å². The summed E-state index contributed by atoms with van der Waals surface area (Å²) in [7, 11) is -1.03. The molecule has 1 atom stereocenters. The molecule has 0 bridgehead atoms. The topological polar surface area (TPSA) is 56.0 Å². The first-order chi connectivity index (χ1) is 5.25. The third-order valence-electron chi connectivity index (χ3n) is 1.34. The van der Waals surface area contributed by atoms with Crippen LogP contribution < -0.4 is 5.73 Å². The largest absolute Gasteiger partial charge is 0.326 e. The van der Waals surface area contributed by atoms with Crippen LogP contribution in [-0.4, -0.2) is 15.4 Å². The van der Waals surface area contributed by atoms with Crippen LogP contribution in [0, 0.1) is 0 Å². The summed E-state index contributed by atoms with van der Waals surface area (Å²) >= 11 is 0. The van der Waals surface area contributed by atoms with E-state index in [9.17, 15) is 4.21 Å². The lowest BCUT2D eigenvalue weighted by Gasteiger charge is -2.00. The average molecular weight is 170 g/mol. The van der Waals surface area contributed by atoms with E-state index in [-0.39, 0.29) is 0 Å². The molecule has 4 heteroatoms. The Kier molecular flexibility index (Phi) is 2.73. The molecule has 11 heavy (non-hydrogen) atoms. The molecule has 0 amide bonds. The van der Waals surface area contributed by atoms with Crippen molar-refractivity contribution in [2.45, 2.75) is 11.6 Å². The second kappa shape index (κ2) is 3.59. The Balaban J connectivity index is 3.12. The molecule has 0 fully saturated rings. The molecule has 0 aliphatic heterocycles. The van der Waals surface area contributed by atoms with Crippen molar-refractivity contribution < 1.29 is 4.21 Å². The van der Waals surface area contributed by atoms with Gasteiger partial charge in [0.1, 0.15) is 5.03 Å². The van der Waals surface area contributed by atoms with E-state index in [0.29, 0.717) is 11.6 Å². The smallest absolute Gasteiger partial charge is 0.131 e. The monoisotopic (exact) mass is 170 g/mol. The first-order valence-corrected chi connectivity index (χ1v) is 4.79. The van der Waals surface area contributed by atoms with E-state index in [2.05, 4.69) is 4.98 Å². The highest BCUT2D eigenvalue weighted by Crippen LogP contribution is 2.07. The summed E-state index contributed by atoms with van der Waals surface area (Å²) in [6, 6.07) is 3.63. The SMILES string of the molecule is CS(=O)c1ncccc1CN. The van der Waals surface area contributed by atoms with E-state index >= 15 is 0 Å².